The predicted octanol–water partition coefficient (Wildman–Crippen LogP) is 4.92. The van der Waals surface area contributed by atoms with Crippen LogP contribution in [0.2, 0.25) is 0 Å². The van der Waals surface area contributed by atoms with E-state index in [-0.39, 0.29) is 26.0 Å². The SMILES string of the molecule is COCc1nn2c(-c3cccc(C(F)(F)F)c3)cc(N3CCCC3CO)nc2c1-c1ccc2c(c1)OCO2. The van der Waals surface area contributed by atoms with Crippen LogP contribution in [-0.2, 0) is 17.5 Å². The Hall–Kier alpha value is -3.83. The highest BCUT2D eigenvalue weighted by Gasteiger charge is 2.32. The molecule has 0 radical (unpaired) electrons. The van der Waals surface area contributed by atoms with Gasteiger partial charge in [-0.2, -0.15) is 18.3 Å². The molecule has 198 valence electrons. The monoisotopic (exact) mass is 526 g/mol. The predicted molar refractivity (Wildman–Crippen MR) is 133 cm³/mol. The van der Waals surface area contributed by atoms with Crippen LogP contribution >= 0.6 is 0 Å². The van der Waals surface area contributed by atoms with Gasteiger partial charge in [0.05, 0.1) is 41.8 Å². The maximum absolute atomic E-state index is 13.6. The number of halogens is 3. The molecule has 1 N–H and O–H groups in total. The third-order valence-electron chi connectivity index (χ3n) is 6.96. The summed E-state index contributed by atoms with van der Waals surface area (Å²) in [4.78, 5) is 6.95. The molecule has 0 spiro atoms. The van der Waals surface area contributed by atoms with Crippen molar-refractivity contribution in [3.63, 3.8) is 0 Å². The van der Waals surface area contributed by atoms with Crippen molar-refractivity contribution in [2.45, 2.75) is 31.7 Å². The van der Waals surface area contributed by atoms with Gasteiger partial charge in [-0.15, -0.1) is 0 Å². The first kappa shape index (κ1) is 24.5. The summed E-state index contributed by atoms with van der Waals surface area (Å²) < 4.78 is 58.9. The van der Waals surface area contributed by atoms with Crippen molar-refractivity contribution in [3.8, 4) is 33.9 Å². The lowest BCUT2D eigenvalue weighted by atomic mass is 10.0. The number of hydrogen-bond donors (Lipinski definition) is 1. The van der Waals surface area contributed by atoms with Crippen molar-refractivity contribution < 1.29 is 32.5 Å². The van der Waals surface area contributed by atoms with Crippen LogP contribution in [0.1, 0.15) is 24.1 Å². The van der Waals surface area contributed by atoms with E-state index >= 15 is 0 Å². The Bertz CT molecular complexity index is 1500. The number of benzene rings is 2. The average molecular weight is 527 g/mol. The molecule has 0 aliphatic carbocycles. The Balaban J connectivity index is 1.62. The van der Waals surface area contributed by atoms with Crippen molar-refractivity contribution >= 4 is 11.5 Å². The van der Waals surface area contributed by atoms with Crippen molar-refractivity contribution in [1.29, 1.82) is 0 Å². The molecular formula is C27H25F3N4O4. The highest BCUT2D eigenvalue weighted by molar-refractivity contribution is 5.84. The topological polar surface area (TPSA) is 81.4 Å². The summed E-state index contributed by atoms with van der Waals surface area (Å²) in [5, 5.41) is 14.7. The van der Waals surface area contributed by atoms with Gasteiger partial charge in [0, 0.05) is 25.3 Å². The van der Waals surface area contributed by atoms with E-state index in [0.717, 1.165) is 30.5 Å². The number of hydrogen-bond acceptors (Lipinski definition) is 7. The number of rotatable bonds is 6. The third-order valence-corrected chi connectivity index (χ3v) is 6.96. The summed E-state index contributed by atoms with van der Waals surface area (Å²) >= 11 is 0. The number of alkyl halides is 3. The molecule has 2 aromatic carbocycles. The Morgan fingerprint density at radius 3 is 2.71 bits per heavy atom. The molecule has 8 nitrogen and oxygen atoms in total. The van der Waals surface area contributed by atoms with E-state index in [1.165, 1.54) is 6.07 Å². The zero-order valence-electron chi connectivity index (χ0n) is 20.5. The Morgan fingerprint density at radius 1 is 1.08 bits per heavy atom. The Kier molecular flexibility index (Phi) is 6.11. The molecule has 2 aliphatic rings. The smallest absolute Gasteiger partial charge is 0.416 e. The number of aliphatic hydroxyl groups excluding tert-OH is 1. The van der Waals surface area contributed by atoms with Crippen LogP contribution in [0.5, 0.6) is 11.5 Å². The van der Waals surface area contributed by atoms with Crippen LogP contribution in [0.25, 0.3) is 28.0 Å². The van der Waals surface area contributed by atoms with Gasteiger partial charge in [0.25, 0.3) is 0 Å². The van der Waals surface area contributed by atoms with Gasteiger partial charge in [-0.3, -0.25) is 0 Å². The first-order valence-electron chi connectivity index (χ1n) is 12.2. The first-order chi connectivity index (χ1) is 18.4. The Morgan fingerprint density at radius 2 is 1.92 bits per heavy atom. The minimum atomic E-state index is -4.50. The van der Waals surface area contributed by atoms with Crippen LogP contribution < -0.4 is 14.4 Å². The standard InChI is InChI=1S/C27H25F3N4O4/c1-36-14-20-25(17-7-8-22-23(11-17)38-15-37-22)26-31-24(33-9-3-6-19(33)13-35)12-21(34(26)32-20)16-4-2-5-18(10-16)27(28,29)30/h2,4-5,7-8,10-12,19,35H,3,6,9,13-15H2,1H3. The van der Waals surface area contributed by atoms with Gasteiger partial charge in [0.1, 0.15) is 5.82 Å². The van der Waals surface area contributed by atoms with Gasteiger partial charge >= 0.3 is 6.18 Å². The van der Waals surface area contributed by atoms with E-state index in [0.29, 0.717) is 52.0 Å². The minimum Gasteiger partial charge on any atom is -0.454 e. The number of ether oxygens (including phenoxy) is 3. The molecule has 4 aromatic rings. The lowest BCUT2D eigenvalue weighted by Crippen LogP contribution is -2.32. The second-order valence-corrected chi connectivity index (χ2v) is 9.31. The summed E-state index contributed by atoms with van der Waals surface area (Å²) in [7, 11) is 1.55. The van der Waals surface area contributed by atoms with Gasteiger partial charge in [-0.05, 0) is 42.7 Å². The maximum atomic E-state index is 13.6. The molecule has 0 saturated carbocycles. The number of aliphatic hydroxyl groups is 1. The highest BCUT2D eigenvalue weighted by Crippen LogP contribution is 2.40. The lowest BCUT2D eigenvalue weighted by Gasteiger charge is -2.25. The molecule has 1 unspecified atom stereocenters. The molecule has 4 heterocycles. The maximum Gasteiger partial charge on any atom is 0.416 e. The summed E-state index contributed by atoms with van der Waals surface area (Å²) in [6, 6.07) is 12.3. The fourth-order valence-corrected chi connectivity index (χ4v) is 5.17. The fourth-order valence-electron chi connectivity index (χ4n) is 5.17. The van der Waals surface area contributed by atoms with Gasteiger partial charge in [0.2, 0.25) is 6.79 Å². The molecule has 6 rings (SSSR count). The molecule has 1 saturated heterocycles. The molecule has 0 amide bonds. The van der Waals surface area contributed by atoms with E-state index < -0.39 is 11.7 Å². The molecule has 1 fully saturated rings. The summed E-state index contributed by atoms with van der Waals surface area (Å²) in [6.45, 7) is 0.912. The average Bonchev–Trinajstić information content (AvgIpc) is 3.65. The molecule has 1 atom stereocenters. The van der Waals surface area contributed by atoms with E-state index in [2.05, 4.69) is 0 Å². The fraction of sp³-hybridized carbons (Fsp3) is 0.333. The molecule has 2 aliphatic heterocycles. The van der Waals surface area contributed by atoms with E-state index in [9.17, 15) is 18.3 Å². The second-order valence-electron chi connectivity index (χ2n) is 9.31. The van der Waals surface area contributed by atoms with E-state index in [1.807, 2.05) is 17.0 Å². The Labute approximate surface area is 216 Å². The largest absolute Gasteiger partial charge is 0.454 e. The highest BCUT2D eigenvalue weighted by atomic mass is 19.4. The lowest BCUT2D eigenvalue weighted by molar-refractivity contribution is -0.137. The van der Waals surface area contributed by atoms with Crippen molar-refractivity contribution in [1.82, 2.24) is 14.6 Å². The second kappa shape index (κ2) is 9.48. The van der Waals surface area contributed by atoms with E-state index in [1.54, 1.807) is 29.8 Å². The number of nitrogens with zero attached hydrogens (tertiary/aromatic N) is 4. The summed E-state index contributed by atoms with van der Waals surface area (Å²) in [6.07, 6.45) is -2.82. The van der Waals surface area contributed by atoms with Gasteiger partial charge in [0.15, 0.2) is 17.1 Å². The van der Waals surface area contributed by atoms with Gasteiger partial charge in [-0.25, -0.2) is 9.50 Å². The number of methoxy groups -OCH3 is 1. The molecule has 38 heavy (non-hydrogen) atoms. The quantitative estimate of drug-likeness (QED) is 0.382. The van der Waals surface area contributed by atoms with Crippen LogP contribution in [-0.4, -0.2) is 52.8 Å². The molecule has 2 aromatic heterocycles. The van der Waals surface area contributed by atoms with Crippen molar-refractivity contribution in [2.75, 3.05) is 32.0 Å². The molecule has 0 bridgehead atoms. The minimum absolute atomic E-state index is 0.0467. The third kappa shape index (κ3) is 4.21. The first-order valence-corrected chi connectivity index (χ1v) is 12.2. The number of fused-ring (bicyclic) bond motifs is 2. The van der Waals surface area contributed by atoms with Gasteiger partial charge in [-0.1, -0.05) is 18.2 Å². The zero-order chi connectivity index (χ0) is 26.4. The molecule has 11 heteroatoms. The van der Waals surface area contributed by atoms with Crippen molar-refractivity contribution in [3.05, 3.63) is 59.8 Å². The zero-order valence-corrected chi connectivity index (χ0v) is 20.5. The summed E-state index contributed by atoms with van der Waals surface area (Å²) in [5.41, 5.74) is 2.52. The summed E-state index contributed by atoms with van der Waals surface area (Å²) in [5.74, 6) is 1.77. The van der Waals surface area contributed by atoms with Crippen LogP contribution in [0.15, 0.2) is 48.5 Å². The van der Waals surface area contributed by atoms with Crippen LogP contribution in [0.3, 0.4) is 0 Å². The van der Waals surface area contributed by atoms with E-state index in [4.69, 9.17) is 24.3 Å². The molecular weight excluding hydrogens is 501 g/mol. The van der Waals surface area contributed by atoms with Crippen LogP contribution in [0, 0.1) is 0 Å². The van der Waals surface area contributed by atoms with Gasteiger partial charge < -0.3 is 24.2 Å². The number of anilines is 1. The van der Waals surface area contributed by atoms with Crippen molar-refractivity contribution in [2.24, 2.45) is 0 Å². The van der Waals surface area contributed by atoms with Crippen LogP contribution in [0.4, 0.5) is 19.0 Å². The number of aromatic nitrogens is 3. The normalized spacial score (nSPS) is 17.1.